The quantitative estimate of drug-likeness (QED) is 0.865. The van der Waals surface area contributed by atoms with Gasteiger partial charge in [0.05, 0.1) is 13.2 Å². The monoisotopic (exact) mass is 234 g/mol. The van der Waals surface area contributed by atoms with Gasteiger partial charge in [-0.05, 0) is 42.9 Å². The maximum atomic E-state index is 10.4. The number of hydrogen-bond donors (Lipinski definition) is 1. The Labute approximate surface area is 104 Å². The van der Waals surface area contributed by atoms with Crippen LogP contribution in [0, 0.1) is 12.8 Å². The Balaban J connectivity index is 2.15. The van der Waals surface area contributed by atoms with Gasteiger partial charge in [0.2, 0.25) is 0 Å². The Kier molecular flexibility index (Phi) is 4.06. The van der Waals surface area contributed by atoms with Crippen molar-refractivity contribution in [3.63, 3.8) is 0 Å². The molecule has 0 saturated heterocycles. The molecule has 0 aliphatic heterocycles. The summed E-state index contributed by atoms with van der Waals surface area (Å²) in [4.78, 5) is 0. The lowest BCUT2D eigenvalue weighted by atomic mass is 9.82. The number of methoxy groups -OCH3 is 1. The Morgan fingerprint density at radius 2 is 1.94 bits per heavy atom. The van der Waals surface area contributed by atoms with Crippen LogP contribution < -0.4 is 4.74 Å². The Hall–Kier alpha value is -1.02. The van der Waals surface area contributed by atoms with Gasteiger partial charge >= 0.3 is 0 Å². The van der Waals surface area contributed by atoms with E-state index in [2.05, 4.69) is 0 Å². The standard InChI is InChI=1S/C15H22O2/c1-11-8-9-13(10-14(11)17-2)15(16)12-6-4-3-5-7-12/h8-10,12,15-16H,3-7H2,1-2H3. The number of rotatable bonds is 3. The summed E-state index contributed by atoms with van der Waals surface area (Å²) in [5.74, 6) is 1.30. The molecule has 1 aliphatic carbocycles. The normalized spacial score (nSPS) is 19.0. The van der Waals surface area contributed by atoms with E-state index in [9.17, 15) is 5.11 Å². The number of aliphatic hydroxyl groups excluding tert-OH is 1. The number of ether oxygens (including phenoxy) is 1. The van der Waals surface area contributed by atoms with Gasteiger partial charge in [-0.3, -0.25) is 0 Å². The molecule has 1 saturated carbocycles. The van der Waals surface area contributed by atoms with Gasteiger partial charge in [-0.25, -0.2) is 0 Å². The van der Waals surface area contributed by atoms with Crippen molar-refractivity contribution in [1.82, 2.24) is 0 Å². The molecular weight excluding hydrogens is 212 g/mol. The van der Waals surface area contributed by atoms with Crippen LogP contribution in [0.5, 0.6) is 5.75 Å². The zero-order valence-electron chi connectivity index (χ0n) is 10.8. The largest absolute Gasteiger partial charge is 0.496 e. The summed E-state index contributed by atoms with van der Waals surface area (Å²) in [5.41, 5.74) is 2.12. The van der Waals surface area contributed by atoms with E-state index in [4.69, 9.17) is 4.74 Å². The molecule has 1 atom stereocenters. The van der Waals surface area contributed by atoms with E-state index in [0.717, 1.165) is 29.7 Å². The molecule has 0 bridgehead atoms. The third kappa shape index (κ3) is 2.81. The first kappa shape index (κ1) is 12.4. The van der Waals surface area contributed by atoms with E-state index in [1.807, 2.05) is 25.1 Å². The zero-order valence-corrected chi connectivity index (χ0v) is 10.8. The van der Waals surface area contributed by atoms with Gasteiger partial charge in [0, 0.05) is 0 Å². The minimum Gasteiger partial charge on any atom is -0.496 e. The SMILES string of the molecule is COc1cc(C(O)C2CCCCC2)ccc1C. The van der Waals surface area contributed by atoms with Crippen LogP contribution in [0.3, 0.4) is 0 Å². The highest BCUT2D eigenvalue weighted by molar-refractivity contribution is 5.37. The van der Waals surface area contributed by atoms with Crippen molar-refractivity contribution < 1.29 is 9.84 Å². The van der Waals surface area contributed by atoms with Gasteiger partial charge in [0.25, 0.3) is 0 Å². The number of aliphatic hydroxyl groups is 1. The summed E-state index contributed by atoms with van der Waals surface area (Å²) < 4.78 is 5.31. The van der Waals surface area contributed by atoms with Gasteiger partial charge < -0.3 is 9.84 Å². The minimum absolute atomic E-state index is 0.329. The Morgan fingerprint density at radius 1 is 1.24 bits per heavy atom. The predicted molar refractivity (Wildman–Crippen MR) is 69.3 cm³/mol. The van der Waals surface area contributed by atoms with E-state index in [1.54, 1.807) is 7.11 Å². The van der Waals surface area contributed by atoms with Crippen LogP contribution in [0.25, 0.3) is 0 Å². The van der Waals surface area contributed by atoms with Crippen molar-refractivity contribution >= 4 is 0 Å². The molecule has 2 nitrogen and oxygen atoms in total. The molecule has 94 valence electrons. The molecular formula is C15H22O2. The number of aryl methyl sites for hydroxylation is 1. The third-order valence-corrected chi connectivity index (χ3v) is 3.87. The topological polar surface area (TPSA) is 29.5 Å². The molecule has 0 radical (unpaired) electrons. The molecule has 2 rings (SSSR count). The predicted octanol–water partition coefficient (Wildman–Crippen LogP) is 3.62. The lowest BCUT2D eigenvalue weighted by Crippen LogP contribution is -2.16. The highest BCUT2D eigenvalue weighted by Gasteiger charge is 2.23. The zero-order chi connectivity index (χ0) is 12.3. The van der Waals surface area contributed by atoms with Crippen molar-refractivity contribution in [2.45, 2.75) is 45.1 Å². The highest BCUT2D eigenvalue weighted by atomic mass is 16.5. The average Bonchev–Trinajstić information content (AvgIpc) is 2.39. The molecule has 1 aromatic rings. The fraction of sp³-hybridized carbons (Fsp3) is 0.600. The second-order valence-electron chi connectivity index (χ2n) is 5.07. The van der Waals surface area contributed by atoms with Gasteiger partial charge in [0.15, 0.2) is 0 Å². The molecule has 1 fully saturated rings. The van der Waals surface area contributed by atoms with E-state index < -0.39 is 0 Å². The van der Waals surface area contributed by atoms with Crippen molar-refractivity contribution in [1.29, 1.82) is 0 Å². The molecule has 0 heterocycles. The van der Waals surface area contributed by atoms with Crippen LogP contribution in [0.4, 0.5) is 0 Å². The summed E-state index contributed by atoms with van der Waals surface area (Å²) in [5, 5.41) is 10.4. The molecule has 1 unspecified atom stereocenters. The fourth-order valence-electron chi connectivity index (χ4n) is 2.74. The number of hydrogen-bond acceptors (Lipinski definition) is 2. The van der Waals surface area contributed by atoms with E-state index in [0.29, 0.717) is 5.92 Å². The van der Waals surface area contributed by atoms with Gasteiger partial charge in [-0.15, -0.1) is 0 Å². The first-order valence-electron chi connectivity index (χ1n) is 6.55. The first-order valence-corrected chi connectivity index (χ1v) is 6.55. The Morgan fingerprint density at radius 3 is 2.59 bits per heavy atom. The summed E-state index contributed by atoms with van der Waals surface area (Å²) in [7, 11) is 1.68. The third-order valence-electron chi connectivity index (χ3n) is 3.87. The second-order valence-corrected chi connectivity index (χ2v) is 5.07. The molecule has 0 aromatic heterocycles. The highest BCUT2D eigenvalue weighted by Crippen LogP contribution is 2.35. The van der Waals surface area contributed by atoms with Crippen LogP contribution in [0.2, 0.25) is 0 Å². The van der Waals surface area contributed by atoms with Crippen LogP contribution in [0.1, 0.15) is 49.3 Å². The smallest absolute Gasteiger partial charge is 0.122 e. The van der Waals surface area contributed by atoms with Gasteiger partial charge in [-0.2, -0.15) is 0 Å². The van der Waals surface area contributed by atoms with Crippen LogP contribution >= 0.6 is 0 Å². The Bertz CT molecular complexity index is 367. The maximum Gasteiger partial charge on any atom is 0.122 e. The van der Waals surface area contributed by atoms with Gasteiger partial charge in [0.1, 0.15) is 5.75 Å². The van der Waals surface area contributed by atoms with Crippen LogP contribution in [-0.2, 0) is 0 Å². The molecule has 1 aromatic carbocycles. The second kappa shape index (κ2) is 5.54. The van der Waals surface area contributed by atoms with Crippen LogP contribution in [0.15, 0.2) is 18.2 Å². The average molecular weight is 234 g/mol. The van der Waals surface area contributed by atoms with Crippen molar-refractivity contribution in [2.24, 2.45) is 5.92 Å². The van der Waals surface area contributed by atoms with E-state index in [1.165, 1.54) is 19.3 Å². The maximum absolute atomic E-state index is 10.4. The van der Waals surface area contributed by atoms with E-state index >= 15 is 0 Å². The van der Waals surface area contributed by atoms with E-state index in [-0.39, 0.29) is 6.10 Å². The number of benzene rings is 1. The lowest BCUT2D eigenvalue weighted by Gasteiger charge is -2.27. The molecule has 0 amide bonds. The summed E-state index contributed by atoms with van der Waals surface area (Å²) >= 11 is 0. The van der Waals surface area contributed by atoms with Crippen molar-refractivity contribution in [3.05, 3.63) is 29.3 Å². The fourth-order valence-corrected chi connectivity index (χ4v) is 2.74. The van der Waals surface area contributed by atoms with Crippen molar-refractivity contribution in [2.75, 3.05) is 7.11 Å². The molecule has 1 aliphatic rings. The molecule has 1 N–H and O–H groups in total. The summed E-state index contributed by atoms with van der Waals surface area (Å²) in [6, 6.07) is 6.03. The summed E-state index contributed by atoms with van der Waals surface area (Å²) in [6.07, 6.45) is 5.80. The van der Waals surface area contributed by atoms with Crippen LogP contribution in [-0.4, -0.2) is 12.2 Å². The first-order chi connectivity index (χ1) is 8.22. The lowest BCUT2D eigenvalue weighted by molar-refractivity contribution is 0.0846. The minimum atomic E-state index is -0.329. The molecule has 17 heavy (non-hydrogen) atoms. The summed E-state index contributed by atoms with van der Waals surface area (Å²) in [6.45, 7) is 2.02. The van der Waals surface area contributed by atoms with Crippen molar-refractivity contribution in [3.8, 4) is 5.75 Å². The molecule has 2 heteroatoms. The van der Waals surface area contributed by atoms with Gasteiger partial charge in [-0.1, -0.05) is 31.4 Å². The molecule has 0 spiro atoms.